The van der Waals surface area contributed by atoms with Crippen molar-refractivity contribution >= 4 is 69.4 Å². The summed E-state index contributed by atoms with van der Waals surface area (Å²) in [6.07, 6.45) is 4.81. The monoisotopic (exact) mass is 429 g/mol. The maximum Gasteiger partial charge on any atom is 0.266 e. The summed E-state index contributed by atoms with van der Waals surface area (Å²) in [5, 5.41) is 0.497. The van der Waals surface area contributed by atoms with Gasteiger partial charge in [-0.3, -0.25) is 24.3 Å². The number of amides is 3. The number of benzene rings is 1. The molecule has 0 bridgehead atoms. The van der Waals surface area contributed by atoms with Crippen LogP contribution in [0.4, 0.5) is 5.69 Å². The molecule has 2 aliphatic rings. The molecule has 0 saturated carbocycles. The molecule has 140 valence electrons. The van der Waals surface area contributed by atoms with E-state index in [-0.39, 0.29) is 22.6 Å². The quantitative estimate of drug-likeness (QED) is 0.423. The fourth-order valence-electron chi connectivity index (χ4n) is 3.04. The van der Waals surface area contributed by atoms with E-state index in [9.17, 15) is 14.4 Å². The van der Waals surface area contributed by atoms with Crippen molar-refractivity contribution in [2.45, 2.75) is 12.5 Å². The highest BCUT2D eigenvalue weighted by atomic mass is 35.5. The van der Waals surface area contributed by atoms with E-state index >= 15 is 0 Å². The number of carbonyl (C=O) groups excluding carboxylic acids is 3. The molecule has 3 amide bonds. The fourth-order valence-corrected chi connectivity index (χ4v) is 4.52. The second kappa shape index (κ2) is 7.46. The second-order valence-corrected chi connectivity index (χ2v) is 8.21. The topological polar surface area (TPSA) is 70.6 Å². The van der Waals surface area contributed by atoms with Crippen LogP contribution in [0.15, 0.2) is 53.7 Å². The molecule has 2 saturated heterocycles. The molecule has 0 aliphatic carbocycles. The minimum absolute atomic E-state index is 0.117. The van der Waals surface area contributed by atoms with Gasteiger partial charge in [-0.25, -0.2) is 4.90 Å². The van der Waals surface area contributed by atoms with Crippen LogP contribution in [-0.2, 0) is 14.4 Å². The van der Waals surface area contributed by atoms with Gasteiger partial charge in [0.1, 0.15) is 10.4 Å². The first-order chi connectivity index (χ1) is 13.5. The Morgan fingerprint density at radius 2 is 1.93 bits per heavy atom. The van der Waals surface area contributed by atoms with Crippen LogP contribution in [0.5, 0.6) is 0 Å². The summed E-state index contributed by atoms with van der Waals surface area (Å²) in [7, 11) is 0. The number of pyridine rings is 1. The van der Waals surface area contributed by atoms with Crippen LogP contribution in [0.1, 0.15) is 12.0 Å². The highest BCUT2D eigenvalue weighted by molar-refractivity contribution is 8.26. The van der Waals surface area contributed by atoms with Crippen molar-refractivity contribution in [3.63, 3.8) is 0 Å². The van der Waals surface area contributed by atoms with Crippen LogP contribution in [0.2, 0.25) is 5.02 Å². The van der Waals surface area contributed by atoms with Gasteiger partial charge in [0, 0.05) is 17.4 Å². The van der Waals surface area contributed by atoms with Gasteiger partial charge >= 0.3 is 0 Å². The normalized spacial score (nSPS) is 21.3. The molecule has 9 heteroatoms. The van der Waals surface area contributed by atoms with Crippen LogP contribution in [-0.4, -0.2) is 38.0 Å². The van der Waals surface area contributed by atoms with Gasteiger partial charge in [-0.05, 0) is 42.0 Å². The van der Waals surface area contributed by atoms with Crippen molar-refractivity contribution in [3.8, 4) is 0 Å². The summed E-state index contributed by atoms with van der Waals surface area (Å²) >= 11 is 12.3. The molecular formula is C19H12ClN3O3S2. The number of aromatic nitrogens is 1. The summed E-state index contributed by atoms with van der Waals surface area (Å²) in [6.45, 7) is 0. The first-order valence-electron chi connectivity index (χ1n) is 8.25. The molecule has 2 fully saturated rings. The van der Waals surface area contributed by atoms with Crippen LogP contribution < -0.4 is 4.90 Å². The van der Waals surface area contributed by atoms with E-state index in [0.29, 0.717) is 15.6 Å². The van der Waals surface area contributed by atoms with E-state index in [4.69, 9.17) is 23.8 Å². The Morgan fingerprint density at radius 3 is 2.61 bits per heavy atom. The van der Waals surface area contributed by atoms with Gasteiger partial charge in [0.25, 0.3) is 11.8 Å². The van der Waals surface area contributed by atoms with E-state index < -0.39 is 11.9 Å². The lowest BCUT2D eigenvalue weighted by molar-refractivity contribution is -0.129. The molecule has 1 unspecified atom stereocenters. The first kappa shape index (κ1) is 18.8. The fraction of sp³-hybridized carbons (Fsp3) is 0.105. The molecular weight excluding hydrogens is 418 g/mol. The van der Waals surface area contributed by atoms with E-state index in [1.54, 1.807) is 48.8 Å². The minimum Gasteiger partial charge on any atom is -0.280 e. The lowest BCUT2D eigenvalue weighted by Crippen LogP contribution is -2.44. The molecule has 28 heavy (non-hydrogen) atoms. The summed E-state index contributed by atoms with van der Waals surface area (Å²) < 4.78 is 0.254. The highest BCUT2D eigenvalue weighted by Gasteiger charge is 2.48. The predicted octanol–water partition coefficient (Wildman–Crippen LogP) is 3.27. The first-order valence-corrected chi connectivity index (χ1v) is 9.85. The summed E-state index contributed by atoms with van der Waals surface area (Å²) in [6, 6.07) is 9.00. The van der Waals surface area contributed by atoms with Gasteiger partial charge in [0.15, 0.2) is 0 Å². The van der Waals surface area contributed by atoms with Crippen molar-refractivity contribution in [3.05, 3.63) is 64.3 Å². The number of carbonyl (C=O) groups is 3. The molecule has 2 aromatic rings. The third-order valence-corrected chi connectivity index (χ3v) is 5.91. The van der Waals surface area contributed by atoms with E-state index in [1.807, 2.05) is 6.07 Å². The van der Waals surface area contributed by atoms with Crippen LogP contribution in [0.3, 0.4) is 0 Å². The van der Waals surface area contributed by atoms with Gasteiger partial charge in [-0.2, -0.15) is 0 Å². The SMILES string of the molecule is O=C1CC(N2C(=O)/C(=C/c3cccnc3)SC2=S)C(=O)N1c1ccc(Cl)cc1. The van der Waals surface area contributed by atoms with E-state index in [0.717, 1.165) is 22.2 Å². The molecule has 1 aromatic heterocycles. The Bertz CT molecular complexity index is 1020. The average molecular weight is 430 g/mol. The zero-order valence-corrected chi connectivity index (χ0v) is 16.6. The summed E-state index contributed by atoms with van der Waals surface area (Å²) in [5.74, 6) is -1.25. The smallest absolute Gasteiger partial charge is 0.266 e. The van der Waals surface area contributed by atoms with Crippen molar-refractivity contribution < 1.29 is 14.4 Å². The predicted molar refractivity (Wildman–Crippen MR) is 112 cm³/mol. The van der Waals surface area contributed by atoms with E-state index in [1.165, 1.54) is 4.90 Å². The zero-order valence-electron chi connectivity index (χ0n) is 14.2. The van der Waals surface area contributed by atoms with Crippen LogP contribution >= 0.6 is 35.6 Å². The van der Waals surface area contributed by atoms with Gasteiger partial charge in [-0.15, -0.1) is 0 Å². The number of thioether (sulfide) groups is 1. The maximum atomic E-state index is 12.9. The number of hydrogen-bond acceptors (Lipinski definition) is 6. The molecule has 0 spiro atoms. The molecule has 2 aliphatic heterocycles. The third-order valence-electron chi connectivity index (χ3n) is 4.33. The van der Waals surface area contributed by atoms with Crippen molar-refractivity contribution in [2.24, 2.45) is 0 Å². The number of rotatable bonds is 3. The number of imide groups is 1. The Kier molecular flexibility index (Phi) is 5.01. The maximum absolute atomic E-state index is 12.9. The van der Waals surface area contributed by atoms with Gasteiger partial charge in [0.2, 0.25) is 5.91 Å². The number of anilines is 1. The van der Waals surface area contributed by atoms with Crippen molar-refractivity contribution in [1.82, 2.24) is 9.88 Å². The minimum atomic E-state index is -0.949. The van der Waals surface area contributed by atoms with Gasteiger partial charge < -0.3 is 0 Å². The molecule has 6 nitrogen and oxygen atoms in total. The van der Waals surface area contributed by atoms with Crippen molar-refractivity contribution in [2.75, 3.05) is 4.90 Å². The lowest BCUT2D eigenvalue weighted by Gasteiger charge is -2.21. The highest BCUT2D eigenvalue weighted by Crippen LogP contribution is 2.37. The molecule has 0 N–H and O–H groups in total. The molecule has 0 radical (unpaired) electrons. The second-order valence-electron chi connectivity index (χ2n) is 6.10. The number of nitrogens with zero attached hydrogens (tertiary/aromatic N) is 3. The number of hydrogen-bond donors (Lipinski definition) is 0. The van der Waals surface area contributed by atoms with Gasteiger partial charge in [-0.1, -0.05) is 41.6 Å². The van der Waals surface area contributed by atoms with Crippen LogP contribution in [0.25, 0.3) is 6.08 Å². The Balaban J connectivity index is 1.61. The largest absolute Gasteiger partial charge is 0.280 e. The Morgan fingerprint density at radius 1 is 1.18 bits per heavy atom. The molecule has 1 aromatic carbocycles. The average Bonchev–Trinajstić information content (AvgIpc) is 3.12. The van der Waals surface area contributed by atoms with Crippen LogP contribution in [0, 0.1) is 0 Å². The molecule has 1 atom stereocenters. The summed E-state index contributed by atoms with van der Waals surface area (Å²) in [4.78, 5) is 45.0. The summed E-state index contributed by atoms with van der Waals surface area (Å²) in [5.41, 5.74) is 1.16. The van der Waals surface area contributed by atoms with E-state index in [2.05, 4.69) is 4.98 Å². The molecule has 4 rings (SSSR count). The third kappa shape index (κ3) is 3.34. The van der Waals surface area contributed by atoms with Crippen molar-refractivity contribution in [1.29, 1.82) is 0 Å². The standard InChI is InChI=1S/C19H12ClN3O3S2/c20-12-3-5-13(6-4-12)22-16(24)9-14(17(22)25)23-18(26)15(28-19(23)27)8-11-2-1-7-21-10-11/h1-8,10,14H,9H2/b15-8-. The number of thiocarbonyl (C=S) groups is 1. The van der Waals surface area contributed by atoms with Gasteiger partial charge in [0.05, 0.1) is 17.0 Å². The lowest BCUT2D eigenvalue weighted by atomic mass is 10.2. The molecule has 3 heterocycles. The Hall–Kier alpha value is -2.55. The number of halogens is 1. The zero-order chi connectivity index (χ0) is 19.8. The Labute approximate surface area is 175 Å².